The minimum Gasteiger partial charge on any atom is -0.479 e. The van der Waals surface area contributed by atoms with Crippen LogP contribution < -0.4 is 15.0 Å². The number of amides is 2. The minimum absolute atomic E-state index is 0.148. The highest BCUT2D eigenvalue weighted by molar-refractivity contribution is 6.31. The van der Waals surface area contributed by atoms with E-state index in [4.69, 9.17) is 16.3 Å². The molecule has 1 unspecified atom stereocenters. The summed E-state index contributed by atoms with van der Waals surface area (Å²) in [6, 6.07) is 12.7. The molecule has 0 aliphatic carbocycles. The van der Waals surface area contributed by atoms with Gasteiger partial charge in [-0.2, -0.15) is 0 Å². The van der Waals surface area contributed by atoms with Crippen LogP contribution in [0.4, 0.5) is 11.4 Å². The van der Waals surface area contributed by atoms with Crippen LogP contribution in [0.15, 0.2) is 42.5 Å². The van der Waals surface area contributed by atoms with E-state index in [1.54, 1.807) is 30.0 Å². The fourth-order valence-corrected chi connectivity index (χ4v) is 2.93. The zero-order valence-corrected chi connectivity index (χ0v) is 14.8. The van der Waals surface area contributed by atoms with Crippen LogP contribution in [0.3, 0.4) is 0 Å². The second-order valence-electron chi connectivity index (χ2n) is 5.93. The molecule has 1 aliphatic heterocycles. The molecule has 2 aromatic carbocycles. The maximum absolute atomic E-state index is 12.4. The summed E-state index contributed by atoms with van der Waals surface area (Å²) in [5.74, 6) is 0.334. The summed E-state index contributed by atoms with van der Waals surface area (Å²) in [5.41, 5.74) is 2.19. The van der Waals surface area contributed by atoms with Crippen LogP contribution in [-0.2, 0) is 9.59 Å². The lowest BCUT2D eigenvalue weighted by atomic mass is 10.1. The lowest BCUT2D eigenvalue weighted by molar-refractivity contribution is -0.125. The standard InChI is InChI=1S/C19H19ClN2O3/c1-12-14(20)6-5-7-15(12)21-18(23)10-11-22-16-8-3-4-9-17(16)25-13(2)19(22)24/h3-9,13H,10-11H2,1-2H3,(H,21,23). The highest BCUT2D eigenvalue weighted by Crippen LogP contribution is 2.33. The molecule has 0 saturated carbocycles. The normalized spacial score (nSPS) is 16.2. The molecule has 0 spiro atoms. The molecule has 6 heteroatoms. The number of rotatable bonds is 4. The van der Waals surface area contributed by atoms with E-state index >= 15 is 0 Å². The smallest absolute Gasteiger partial charge is 0.267 e. The van der Waals surface area contributed by atoms with E-state index in [1.165, 1.54) is 0 Å². The van der Waals surface area contributed by atoms with Gasteiger partial charge in [0.25, 0.3) is 5.91 Å². The van der Waals surface area contributed by atoms with E-state index in [0.717, 1.165) is 5.56 Å². The highest BCUT2D eigenvalue weighted by Gasteiger charge is 2.31. The molecule has 130 valence electrons. The molecule has 25 heavy (non-hydrogen) atoms. The first-order valence-electron chi connectivity index (χ1n) is 8.09. The Morgan fingerprint density at radius 3 is 2.80 bits per heavy atom. The molecule has 3 rings (SSSR count). The van der Waals surface area contributed by atoms with Gasteiger partial charge in [0, 0.05) is 23.7 Å². The van der Waals surface area contributed by atoms with Crippen molar-refractivity contribution in [3.05, 3.63) is 53.1 Å². The molecule has 0 fully saturated rings. The molecule has 1 heterocycles. The van der Waals surface area contributed by atoms with Crippen molar-refractivity contribution in [2.45, 2.75) is 26.4 Å². The second-order valence-corrected chi connectivity index (χ2v) is 6.34. The zero-order chi connectivity index (χ0) is 18.0. The predicted octanol–water partition coefficient (Wildman–Crippen LogP) is 3.79. The summed E-state index contributed by atoms with van der Waals surface area (Å²) >= 11 is 6.07. The first kappa shape index (κ1) is 17.3. The lowest BCUT2D eigenvalue weighted by Crippen LogP contribution is -2.45. The Morgan fingerprint density at radius 2 is 2.00 bits per heavy atom. The number of nitrogens with zero attached hydrogens (tertiary/aromatic N) is 1. The van der Waals surface area contributed by atoms with Crippen molar-refractivity contribution in [2.75, 3.05) is 16.8 Å². The Hall–Kier alpha value is -2.53. The van der Waals surface area contributed by atoms with Crippen LogP contribution in [0.25, 0.3) is 0 Å². The molecule has 2 aromatic rings. The number of hydrogen-bond donors (Lipinski definition) is 1. The van der Waals surface area contributed by atoms with Gasteiger partial charge in [-0.1, -0.05) is 29.8 Å². The molecule has 0 aromatic heterocycles. The summed E-state index contributed by atoms with van der Waals surface area (Å²) < 4.78 is 5.60. The third-order valence-corrected chi connectivity index (χ3v) is 4.59. The fourth-order valence-electron chi connectivity index (χ4n) is 2.76. The van der Waals surface area contributed by atoms with Crippen LogP contribution >= 0.6 is 11.6 Å². The fraction of sp³-hybridized carbons (Fsp3) is 0.263. The number of anilines is 2. The van der Waals surface area contributed by atoms with Crippen molar-refractivity contribution in [1.82, 2.24) is 0 Å². The van der Waals surface area contributed by atoms with E-state index in [2.05, 4.69) is 5.32 Å². The molecule has 0 radical (unpaired) electrons. The van der Waals surface area contributed by atoms with E-state index in [0.29, 0.717) is 22.1 Å². The van der Waals surface area contributed by atoms with Crippen molar-refractivity contribution in [3.63, 3.8) is 0 Å². The van der Waals surface area contributed by atoms with Crippen molar-refractivity contribution in [3.8, 4) is 5.75 Å². The van der Waals surface area contributed by atoms with Gasteiger partial charge in [-0.15, -0.1) is 0 Å². The number of benzene rings is 2. The SMILES string of the molecule is Cc1c(Cl)cccc1NC(=O)CCN1C(=O)C(C)Oc2ccccc21. The maximum Gasteiger partial charge on any atom is 0.267 e. The molecular weight excluding hydrogens is 340 g/mol. The van der Waals surface area contributed by atoms with E-state index < -0.39 is 6.10 Å². The van der Waals surface area contributed by atoms with Gasteiger partial charge in [0.15, 0.2) is 6.10 Å². The molecule has 1 N–H and O–H groups in total. The molecule has 5 nitrogen and oxygen atoms in total. The zero-order valence-electron chi connectivity index (χ0n) is 14.1. The van der Waals surface area contributed by atoms with Gasteiger partial charge in [-0.25, -0.2) is 0 Å². The number of para-hydroxylation sites is 2. The van der Waals surface area contributed by atoms with Gasteiger partial charge in [0.05, 0.1) is 5.69 Å². The number of halogens is 1. The third-order valence-electron chi connectivity index (χ3n) is 4.18. The Bertz CT molecular complexity index is 822. The van der Waals surface area contributed by atoms with Crippen molar-refractivity contribution in [2.24, 2.45) is 0 Å². The summed E-state index contributed by atoms with van der Waals surface area (Å²) in [6.07, 6.45) is -0.383. The third kappa shape index (κ3) is 3.61. The summed E-state index contributed by atoms with van der Waals surface area (Å²) in [5, 5.41) is 3.45. The number of nitrogens with one attached hydrogen (secondary N) is 1. The molecule has 1 aliphatic rings. The molecular formula is C19H19ClN2O3. The topological polar surface area (TPSA) is 58.6 Å². The lowest BCUT2D eigenvalue weighted by Gasteiger charge is -2.32. The second kappa shape index (κ2) is 7.15. The van der Waals surface area contributed by atoms with Crippen molar-refractivity contribution < 1.29 is 14.3 Å². The van der Waals surface area contributed by atoms with Crippen LogP contribution in [0.1, 0.15) is 18.9 Å². The quantitative estimate of drug-likeness (QED) is 0.904. The number of carbonyl (C=O) groups is 2. The predicted molar refractivity (Wildman–Crippen MR) is 98.3 cm³/mol. The summed E-state index contributed by atoms with van der Waals surface area (Å²) in [7, 11) is 0. The number of carbonyl (C=O) groups excluding carboxylic acids is 2. The average Bonchev–Trinajstić information content (AvgIpc) is 2.59. The minimum atomic E-state index is -0.562. The molecule has 0 saturated heterocycles. The van der Waals surface area contributed by atoms with Gasteiger partial charge in [0.2, 0.25) is 5.91 Å². The Balaban J connectivity index is 1.69. The average molecular weight is 359 g/mol. The van der Waals surface area contributed by atoms with Gasteiger partial charge in [-0.3, -0.25) is 9.59 Å². The van der Waals surface area contributed by atoms with Crippen LogP contribution in [0, 0.1) is 6.92 Å². The van der Waals surface area contributed by atoms with Crippen LogP contribution in [0.2, 0.25) is 5.02 Å². The van der Waals surface area contributed by atoms with E-state index in [9.17, 15) is 9.59 Å². The maximum atomic E-state index is 12.4. The van der Waals surface area contributed by atoms with E-state index in [1.807, 2.05) is 31.2 Å². The first-order valence-corrected chi connectivity index (χ1v) is 8.47. The van der Waals surface area contributed by atoms with Crippen LogP contribution in [0.5, 0.6) is 5.75 Å². The summed E-state index contributed by atoms with van der Waals surface area (Å²) in [4.78, 5) is 26.3. The number of fused-ring (bicyclic) bond motifs is 1. The number of hydrogen-bond acceptors (Lipinski definition) is 3. The Labute approximate surface area is 151 Å². The van der Waals surface area contributed by atoms with Gasteiger partial charge < -0.3 is 15.0 Å². The van der Waals surface area contributed by atoms with E-state index in [-0.39, 0.29) is 24.8 Å². The highest BCUT2D eigenvalue weighted by atomic mass is 35.5. The Morgan fingerprint density at radius 1 is 1.24 bits per heavy atom. The first-order chi connectivity index (χ1) is 12.0. The molecule has 0 bridgehead atoms. The van der Waals surface area contributed by atoms with Crippen molar-refractivity contribution in [1.29, 1.82) is 0 Å². The van der Waals surface area contributed by atoms with Gasteiger partial charge >= 0.3 is 0 Å². The summed E-state index contributed by atoms with van der Waals surface area (Å²) in [6.45, 7) is 3.84. The van der Waals surface area contributed by atoms with Crippen LogP contribution in [-0.4, -0.2) is 24.5 Å². The largest absolute Gasteiger partial charge is 0.479 e. The van der Waals surface area contributed by atoms with Crippen molar-refractivity contribution >= 4 is 34.8 Å². The number of ether oxygens (including phenoxy) is 1. The molecule has 1 atom stereocenters. The van der Waals surface area contributed by atoms with Gasteiger partial charge in [-0.05, 0) is 43.7 Å². The molecule has 2 amide bonds. The Kier molecular flexibility index (Phi) is 4.95. The van der Waals surface area contributed by atoms with Gasteiger partial charge in [0.1, 0.15) is 5.75 Å². The monoisotopic (exact) mass is 358 g/mol.